The van der Waals surface area contributed by atoms with E-state index >= 15 is 0 Å². The lowest BCUT2D eigenvalue weighted by atomic mass is 10.1. The summed E-state index contributed by atoms with van der Waals surface area (Å²) in [5.41, 5.74) is -0.576. The van der Waals surface area contributed by atoms with Gasteiger partial charge in [-0.3, -0.25) is 9.59 Å². The first-order chi connectivity index (χ1) is 10.6. The minimum Gasteiger partial charge on any atom is -0.481 e. The van der Waals surface area contributed by atoms with Gasteiger partial charge in [0.2, 0.25) is 5.88 Å². The molecular formula is C16H16N2O4. The lowest BCUT2D eigenvalue weighted by Gasteiger charge is -2.12. The SMILES string of the molecule is COc1nc(C(=O)NCC2(C(=O)O)CC2)cc2ccccc12. The zero-order valence-corrected chi connectivity index (χ0v) is 12.1. The number of aliphatic carboxylic acids is 1. The Labute approximate surface area is 127 Å². The molecule has 2 N–H and O–H groups in total. The van der Waals surface area contributed by atoms with Gasteiger partial charge in [0.15, 0.2) is 0 Å². The second kappa shape index (κ2) is 5.29. The van der Waals surface area contributed by atoms with Crippen LogP contribution in [-0.4, -0.2) is 35.6 Å². The summed E-state index contributed by atoms with van der Waals surface area (Å²) < 4.78 is 5.23. The number of carbonyl (C=O) groups is 2. The molecule has 1 heterocycles. The number of hydrogen-bond acceptors (Lipinski definition) is 4. The minimum absolute atomic E-state index is 0.123. The van der Waals surface area contributed by atoms with Crippen molar-refractivity contribution in [3.05, 3.63) is 36.0 Å². The number of nitrogens with one attached hydrogen (secondary N) is 1. The molecule has 0 unspecified atom stereocenters. The van der Waals surface area contributed by atoms with Crippen LogP contribution in [0.4, 0.5) is 0 Å². The third-order valence-corrected chi connectivity index (χ3v) is 4.03. The van der Waals surface area contributed by atoms with Crippen molar-refractivity contribution in [3.8, 4) is 5.88 Å². The number of rotatable bonds is 5. The molecule has 6 heteroatoms. The average Bonchev–Trinajstić information content (AvgIpc) is 3.32. The number of nitrogens with zero attached hydrogens (tertiary/aromatic N) is 1. The molecule has 0 bridgehead atoms. The molecule has 0 aliphatic heterocycles. The Hall–Kier alpha value is -2.63. The molecule has 0 spiro atoms. The predicted molar refractivity (Wildman–Crippen MR) is 79.9 cm³/mol. The molecule has 3 rings (SSSR count). The van der Waals surface area contributed by atoms with Crippen LogP contribution in [0.3, 0.4) is 0 Å². The van der Waals surface area contributed by atoms with Gasteiger partial charge in [-0.2, -0.15) is 0 Å². The third kappa shape index (κ3) is 2.47. The summed E-state index contributed by atoms with van der Waals surface area (Å²) in [6, 6.07) is 9.15. The first-order valence-corrected chi connectivity index (χ1v) is 7.01. The Morgan fingerprint density at radius 1 is 1.36 bits per heavy atom. The van der Waals surface area contributed by atoms with Gasteiger partial charge in [-0.1, -0.05) is 18.2 Å². The molecule has 0 radical (unpaired) electrons. The fourth-order valence-corrected chi connectivity index (χ4v) is 2.40. The van der Waals surface area contributed by atoms with E-state index in [9.17, 15) is 9.59 Å². The summed E-state index contributed by atoms with van der Waals surface area (Å²) in [6.07, 6.45) is 1.19. The number of carboxylic acid groups (broad SMARTS) is 1. The van der Waals surface area contributed by atoms with Gasteiger partial charge in [0.1, 0.15) is 5.69 Å². The van der Waals surface area contributed by atoms with Gasteiger partial charge in [-0.15, -0.1) is 0 Å². The molecule has 1 aliphatic carbocycles. The molecule has 114 valence electrons. The number of fused-ring (bicyclic) bond motifs is 1. The summed E-state index contributed by atoms with van der Waals surface area (Å²) >= 11 is 0. The van der Waals surface area contributed by atoms with Crippen LogP contribution in [0.1, 0.15) is 23.3 Å². The first kappa shape index (κ1) is 14.3. The van der Waals surface area contributed by atoms with Gasteiger partial charge in [0.05, 0.1) is 12.5 Å². The summed E-state index contributed by atoms with van der Waals surface area (Å²) in [6.45, 7) is 0.123. The summed E-state index contributed by atoms with van der Waals surface area (Å²) in [5.74, 6) is -0.879. The highest BCUT2D eigenvalue weighted by Crippen LogP contribution is 2.45. The van der Waals surface area contributed by atoms with Crippen LogP contribution >= 0.6 is 0 Å². The van der Waals surface area contributed by atoms with E-state index in [0.29, 0.717) is 18.7 Å². The fraction of sp³-hybridized carbons (Fsp3) is 0.312. The van der Waals surface area contributed by atoms with E-state index < -0.39 is 17.3 Å². The van der Waals surface area contributed by atoms with E-state index in [1.54, 1.807) is 6.07 Å². The molecule has 1 saturated carbocycles. The van der Waals surface area contributed by atoms with E-state index in [2.05, 4.69) is 10.3 Å². The molecule has 1 amide bonds. The van der Waals surface area contributed by atoms with Crippen LogP contribution in [0, 0.1) is 5.41 Å². The highest BCUT2D eigenvalue weighted by atomic mass is 16.5. The van der Waals surface area contributed by atoms with Gasteiger partial charge >= 0.3 is 5.97 Å². The third-order valence-electron chi connectivity index (χ3n) is 4.03. The maximum atomic E-state index is 12.2. The van der Waals surface area contributed by atoms with Crippen molar-refractivity contribution in [1.82, 2.24) is 10.3 Å². The molecule has 1 fully saturated rings. The Kier molecular flexibility index (Phi) is 3.44. The van der Waals surface area contributed by atoms with E-state index in [4.69, 9.17) is 9.84 Å². The summed E-state index contributed by atoms with van der Waals surface area (Å²) in [4.78, 5) is 27.6. The average molecular weight is 300 g/mol. The topological polar surface area (TPSA) is 88.5 Å². The summed E-state index contributed by atoms with van der Waals surface area (Å²) in [7, 11) is 1.50. The number of hydrogen-bond donors (Lipinski definition) is 2. The maximum Gasteiger partial charge on any atom is 0.311 e. The van der Waals surface area contributed by atoms with Crippen molar-refractivity contribution < 1.29 is 19.4 Å². The van der Waals surface area contributed by atoms with Crippen LogP contribution in [-0.2, 0) is 4.79 Å². The van der Waals surface area contributed by atoms with Crippen molar-refractivity contribution in [1.29, 1.82) is 0 Å². The molecule has 1 aromatic heterocycles. The monoisotopic (exact) mass is 300 g/mol. The number of carboxylic acids is 1. The molecule has 6 nitrogen and oxygen atoms in total. The van der Waals surface area contributed by atoms with Gasteiger partial charge in [0.25, 0.3) is 5.91 Å². The van der Waals surface area contributed by atoms with Crippen molar-refractivity contribution >= 4 is 22.6 Å². The van der Waals surface area contributed by atoms with E-state index in [1.807, 2.05) is 24.3 Å². The van der Waals surface area contributed by atoms with Crippen molar-refractivity contribution in [2.75, 3.05) is 13.7 Å². The van der Waals surface area contributed by atoms with Gasteiger partial charge < -0.3 is 15.2 Å². The second-order valence-electron chi connectivity index (χ2n) is 5.51. The molecule has 0 atom stereocenters. The van der Waals surface area contributed by atoms with Crippen LogP contribution in [0.2, 0.25) is 0 Å². The largest absolute Gasteiger partial charge is 0.481 e. The minimum atomic E-state index is -0.864. The predicted octanol–water partition coefficient (Wildman–Crippen LogP) is 1.84. The van der Waals surface area contributed by atoms with E-state index in [1.165, 1.54) is 7.11 Å². The number of pyridine rings is 1. The van der Waals surface area contributed by atoms with Crippen molar-refractivity contribution in [2.24, 2.45) is 5.41 Å². The molecule has 0 saturated heterocycles. The number of methoxy groups -OCH3 is 1. The summed E-state index contributed by atoms with van der Waals surface area (Å²) in [5, 5.41) is 13.5. The first-order valence-electron chi connectivity index (χ1n) is 7.01. The Balaban J connectivity index is 1.83. The lowest BCUT2D eigenvalue weighted by molar-refractivity contribution is -0.143. The Morgan fingerprint density at radius 3 is 2.73 bits per heavy atom. The van der Waals surface area contributed by atoms with Gasteiger partial charge in [-0.05, 0) is 30.4 Å². The molecule has 1 aromatic carbocycles. The van der Waals surface area contributed by atoms with E-state index in [-0.39, 0.29) is 12.2 Å². The zero-order valence-electron chi connectivity index (χ0n) is 12.1. The number of ether oxygens (including phenoxy) is 1. The van der Waals surface area contributed by atoms with Crippen LogP contribution in [0.25, 0.3) is 10.8 Å². The lowest BCUT2D eigenvalue weighted by Crippen LogP contribution is -2.34. The van der Waals surface area contributed by atoms with Crippen LogP contribution in [0.15, 0.2) is 30.3 Å². The number of carbonyl (C=O) groups excluding carboxylic acids is 1. The van der Waals surface area contributed by atoms with Crippen LogP contribution in [0.5, 0.6) is 5.88 Å². The maximum absolute atomic E-state index is 12.2. The second-order valence-corrected chi connectivity index (χ2v) is 5.51. The van der Waals surface area contributed by atoms with Crippen molar-refractivity contribution in [3.63, 3.8) is 0 Å². The highest BCUT2D eigenvalue weighted by Gasteiger charge is 2.50. The molecule has 1 aliphatic rings. The van der Waals surface area contributed by atoms with Crippen LogP contribution < -0.4 is 10.1 Å². The molecular weight excluding hydrogens is 284 g/mol. The quantitative estimate of drug-likeness (QED) is 0.879. The standard InChI is InChI=1S/C16H16N2O4/c1-22-14-11-5-3-2-4-10(11)8-12(18-14)13(19)17-9-16(6-7-16)15(20)21/h2-5,8H,6-7,9H2,1H3,(H,17,19)(H,20,21). The smallest absolute Gasteiger partial charge is 0.311 e. The number of aromatic nitrogens is 1. The molecule has 22 heavy (non-hydrogen) atoms. The fourth-order valence-electron chi connectivity index (χ4n) is 2.40. The van der Waals surface area contributed by atoms with Gasteiger partial charge in [-0.25, -0.2) is 4.98 Å². The highest BCUT2D eigenvalue weighted by molar-refractivity contribution is 5.98. The zero-order chi connectivity index (χ0) is 15.7. The molecule has 2 aromatic rings. The normalized spacial score (nSPS) is 15.3. The van der Waals surface area contributed by atoms with Crippen molar-refractivity contribution in [2.45, 2.75) is 12.8 Å². The Morgan fingerprint density at radius 2 is 2.09 bits per heavy atom. The number of benzene rings is 1. The van der Waals surface area contributed by atoms with Gasteiger partial charge in [0, 0.05) is 11.9 Å². The van der Waals surface area contributed by atoms with E-state index in [0.717, 1.165) is 10.8 Å². The Bertz CT molecular complexity index is 753. The number of amides is 1.